The molecule has 8 rings (SSSR count). The number of hydrogen-bond acceptors (Lipinski definition) is 2. The van der Waals surface area contributed by atoms with Gasteiger partial charge < -0.3 is 26.2 Å². The quantitative estimate of drug-likeness (QED) is 0.162. The van der Waals surface area contributed by atoms with Crippen molar-refractivity contribution >= 4 is 60.3 Å². The van der Waals surface area contributed by atoms with Gasteiger partial charge in [0.15, 0.2) is 0 Å². The van der Waals surface area contributed by atoms with Crippen LogP contribution in [0.4, 0.5) is 0 Å². The van der Waals surface area contributed by atoms with Crippen molar-refractivity contribution in [3.05, 3.63) is 153 Å². The fraction of sp³-hybridized carbons (Fsp3) is 0.238. The van der Waals surface area contributed by atoms with Gasteiger partial charge in [0, 0.05) is 26.2 Å². The van der Waals surface area contributed by atoms with E-state index in [1.54, 1.807) is 11.1 Å². The van der Waals surface area contributed by atoms with Gasteiger partial charge in [-0.3, -0.25) is 0 Å². The molecule has 4 aromatic carbocycles. The van der Waals surface area contributed by atoms with Crippen LogP contribution in [0.1, 0.15) is 70.2 Å². The van der Waals surface area contributed by atoms with Crippen LogP contribution in [0.3, 0.4) is 0 Å². The summed E-state index contributed by atoms with van der Waals surface area (Å²) in [5.41, 5.74) is 17.1. The first-order valence-electron chi connectivity index (χ1n) is 16.2. The summed E-state index contributed by atoms with van der Waals surface area (Å²) in [7, 11) is 4.44. The van der Waals surface area contributed by atoms with Gasteiger partial charge in [-0.15, -0.1) is 24.8 Å². The number of fused-ring (bicyclic) bond motifs is 4. The SMILES string of the molecule is CN1CCC(=C2c3ccccc3C=Cc3ccccc32)CC1.CN1CCC(=C2c3ccccc3C=Cc3ccccc32)CC1.Cl.Cl.O.O.O. The summed E-state index contributed by atoms with van der Waals surface area (Å²) in [4.78, 5) is 4.85. The van der Waals surface area contributed by atoms with E-state index in [9.17, 15) is 0 Å². The predicted octanol–water partition coefficient (Wildman–Crippen LogP) is 7.77. The molecule has 0 saturated carbocycles. The van der Waals surface area contributed by atoms with Gasteiger partial charge in [-0.1, -0.05) is 133 Å². The maximum absolute atomic E-state index is 2.43. The Morgan fingerprint density at radius 3 is 0.837 bits per heavy atom. The Bertz CT molecular complexity index is 1570. The fourth-order valence-corrected chi connectivity index (χ4v) is 7.17. The second-order valence-electron chi connectivity index (χ2n) is 12.6. The Labute approximate surface area is 304 Å². The van der Waals surface area contributed by atoms with Crippen LogP contribution in [0.2, 0.25) is 0 Å². The summed E-state index contributed by atoms with van der Waals surface area (Å²) in [5.74, 6) is 0. The number of piperidine rings is 2. The molecule has 260 valence electrons. The number of hydrogen-bond donors (Lipinski definition) is 0. The van der Waals surface area contributed by atoms with Crippen molar-refractivity contribution in [1.82, 2.24) is 9.80 Å². The van der Waals surface area contributed by atoms with E-state index in [4.69, 9.17) is 0 Å². The molecular weight excluding hydrogens is 651 g/mol. The third kappa shape index (κ3) is 8.88. The second-order valence-corrected chi connectivity index (χ2v) is 12.6. The lowest BCUT2D eigenvalue weighted by atomic mass is 9.86. The topological polar surface area (TPSA) is 101 Å². The second kappa shape index (κ2) is 18.8. The minimum atomic E-state index is 0. The Morgan fingerprint density at radius 2 is 0.592 bits per heavy atom. The highest BCUT2D eigenvalue weighted by Crippen LogP contribution is 2.40. The number of nitrogens with zero attached hydrogens (tertiary/aromatic N) is 2. The zero-order valence-corrected chi connectivity index (χ0v) is 30.0. The van der Waals surface area contributed by atoms with E-state index in [0.29, 0.717) is 0 Å². The van der Waals surface area contributed by atoms with Gasteiger partial charge in [-0.05, 0) is 95.4 Å². The average molecular weight is 702 g/mol. The molecule has 6 N–H and O–H groups in total. The molecule has 0 amide bonds. The van der Waals surface area contributed by atoms with Gasteiger partial charge in [0.2, 0.25) is 0 Å². The summed E-state index contributed by atoms with van der Waals surface area (Å²) >= 11 is 0. The molecule has 0 radical (unpaired) electrons. The van der Waals surface area contributed by atoms with Crippen molar-refractivity contribution in [3.8, 4) is 0 Å². The van der Waals surface area contributed by atoms with Crippen molar-refractivity contribution in [1.29, 1.82) is 0 Å². The first-order valence-corrected chi connectivity index (χ1v) is 16.2. The van der Waals surface area contributed by atoms with E-state index in [0.717, 1.165) is 26.2 Å². The maximum Gasteiger partial charge on any atom is 0.00160 e. The molecule has 2 aliphatic carbocycles. The summed E-state index contributed by atoms with van der Waals surface area (Å²) in [6.45, 7) is 4.65. The normalized spacial score (nSPS) is 16.0. The van der Waals surface area contributed by atoms with Gasteiger partial charge in [-0.2, -0.15) is 0 Å². The van der Waals surface area contributed by atoms with Gasteiger partial charge in [0.05, 0.1) is 0 Å². The lowest BCUT2D eigenvalue weighted by Gasteiger charge is -2.27. The highest BCUT2D eigenvalue weighted by atomic mass is 35.5. The van der Waals surface area contributed by atoms with E-state index < -0.39 is 0 Å². The summed E-state index contributed by atoms with van der Waals surface area (Å²) < 4.78 is 0. The summed E-state index contributed by atoms with van der Waals surface area (Å²) in [5, 5.41) is 0. The number of rotatable bonds is 0. The largest absolute Gasteiger partial charge is 0.412 e. The van der Waals surface area contributed by atoms with Crippen LogP contribution in [0.5, 0.6) is 0 Å². The van der Waals surface area contributed by atoms with Crippen molar-refractivity contribution in [2.45, 2.75) is 25.7 Å². The maximum atomic E-state index is 2.43. The lowest BCUT2D eigenvalue weighted by Crippen LogP contribution is -2.27. The average Bonchev–Trinajstić information content (AvgIpc) is 3.34. The molecule has 4 aliphatic rings. The summed E-state index contributed by atoms with van der Waals surface area (Å²) in [6.07, 6.45) is 13.7. The van der Waals surface area contributed by atoms with Gasteiger partial charge in [-0.25, -0.2) is 0 Å². The first-order chi connectivity index (χ1) is 21.7. The van der Waals surface area contributed by atoms with Crippen LogP contribution < -0.4 is 0 Å². The zero-order valence-electron chi connectivity index (χ0n) is 28.4. The third-order valence-electron chi connectivity index (χ3n) is 9.69. The van der Waals surface area contributed by atoms with Crippen LogP contribution in [0.25, 0.3) is 35.5 Å². The molecule has 0 unspecified atom stereocenters. The standard InChI is InChI=1S/2C21H21N.2ClH.3H2O/c2*1-22-14-12-18(13-15-22)21-19-8-4-2-6-16(19)10-11-17-7-3-5-9-20(17)21;;;;;/h2*2-11H,12-15H2,1H3;2*1H;3*1H2. The highest BCUT2D eigenvalue weighted by molar-refractivity contribution is 5.96. The minimum absolute atomic E-state index is 0. The molecule has 0 bridgehead atoms. The molecule has 5 nitrogen and oxygen atoms in total. The highest BCUT2D eigenvalue weighted by Gasteiger charge is 2.22. The molecule has 2 aliphatic heterocycles. The lowest BCUT2D eigenvalue weighted by molar-refractivity contribution is 0.313. The Balaban J connectivity index is 0.000000309. The van der Waals surface area contributed by atoms with Gasteiger partial charge >= 0.3 is 0 Å². The third-order valence-corrected chi connectivity index (χ3v) is 9.69. The van der Waals surface area contributed by atoms with Crippen LogP contribution in [0.15, 0.2) is 108 Å². The molecule has 7 heteroatoms. The smallest absolute Gasteiger partial charge is 0.00160 e. The molecule has 2 saturated heterocycles. The van der Waals surface area contributed by atoms with Crippen LogP contribution >= 0.6 is 24.8 Å². The van der Waals surface area contributed by atoms with Crippen molar-refractivity contribution in [3.63, 3.8) is 0 Å². The number of benzene rings is 4. The van der Waals surface area contributed by atoms with E-state index in [-0.39, 0.29) is 41.2 Å². The van der Waals surface area contributed by atoms with E-state index >= 15 is 0 Å². The Morgan fingerprint density at radius 1 is 0.367 bits per heavy atom. The van der Waals surface area contributed by atoms with Crippen LogP contribution in [-0.4, -0.2) is 66.5 Å². The van der Waals surface area contributed by atoms with Crippen LogP contribution in [-0.2, 0) is 0 Å². The van der Waals surface area contributed by atoms with Crippen molar-refractivity contribution in [2.75, 3.05) is 40.3 Å². The molecular formula is C42H50Cl2N2O3. The van der Waals surface area contributed by atoms with E-state index in [2.05, 4.69) is 145 Å². The molecule has 4 aromatic rings. The Kier molecular flexibility index (Phi) is 15.9. The minimum Gasteiger partial charge on any atom is -0.412 e. The van der Waals surface area contributed by atoms with Crippen molar-refractivity contribution < 1.29 is 16.4 Å². The predicted molar refractivity (Wildman–Crippen MR) is 214 cm³/mol. The van der Waals surface area contributed by atoms with Crippen molar-refractivity contribution in [2.24, 2.45) is 0 Å². The molecule has 49 heavy (non-hydrogen) atoms. The Hall–Kier alpha value is -3.78. The van der Waals surface area contributed by atoms with Crippen LogP contribution in [0, 0.1) is 0 Å². The molecule has 0 spiro atoms. The van der Waals surface area contributed by atoms with E-state index in [1.165, 1.54) is 81.3 Å². The molecule has 0 atom stereocenters. The number of likely N-dealkylation sites (tertiary alicyclic amines) is 2. The fourth-order valence-electron chi connectivity index (χ4n) is 7.17. The monoisotopic (exact) mass is 700 g/mol. The van der Waals surface area contributed by atoms with Gasteiger partial charge in [0.25, 0.3) is 0 Å². The summed E-state index contributed by atoms with van der Waals surface area (Å²) in [6, 6.07) is 35.2. The molecule has 2 fully saturated rings. The first kappa shape index (κ1) is 41.4. The zero-order chi connectivity index (χ0) is 29.9. The molecule has 2 heterocycles. The van der Waals surface area contributed by atoms with Gasteiger partial charge in [0.1, 0.15) is 0 Å². The molecule has 0 aromatic heterocycles. The van der Waals surface area contributed by atoms with E-state index in [1.807, 2.05) is 0 Å². The number of halogens is 2.